The molecule has 0 radical (unpaired) electrons. The number of nitrogens with zero attached hydrogens (tertiary/aromatic N) is 2. The van der Waals surface area contributed by atoms with Gasteiger partial charge in [-0.25, -0.2) is 0 Å². The monoisotopic (exact) mass is 233 g/mol. The third kappa shape index (κ3) is 2.71. The summed E-state index contributed by atoms with van der Waals surface area (Å²) in [5.41, 5.74) is 1.31. The highest BCUT2D eigenvalue weighted by Crippen LogP contribution is 2.37. The molecule has 0 aromatic carbocycles. The van der Waals surface area contributed by atoms with Crippen molar-refractivity contribution in [2.24, 2.45) is 13.0 Å². The van der Waals surface area contributed by atoms with E-state index < -0.39 is 0 Å². The molecule has 3 rings (SSSR count). The van der Waals surface area contributed by atoms with Gasteiger partial charge in [0, 0.05) is 25.2 Å². The minimum Gasteiger partial charge on any atom is -0.314 e. The van der Waals surface area contributed by atoms with Crippen molar-refractivity contribution >= 4 is 0 Å². The van der Waals surface area contributed by atoms with E-state index in [-0.39, 0.29) is 0 Å². The maximum atomic E-state index is 4.62. The molecule has 0 amide bonds. The van der Waals surface area contributed by atoms with Crippen molar-refractivity contribution in [2.75, 3.05) is 6.54 Å². The van der Waals surface area contributed by atoms with Crippen molar-refractivity contribution in [1.29, 1.82) is 0 Å². The van der Waals surface area contributed by atoms with Crippen LogP contribution in [0.5, 0.6) is 0 Å². The van der Waals surface area contributed by atoms with Gasteiger partial charge in [0.15, 0.2) is 0 Å². The fraction of sp³-hybridized carbons (Fsp3) is 0.786. The Bertz CT molecular complexity index is 367. The minimum absolute atomic E-state index is 0.691. The lowest BCUT2D eigenvalue weighted by molar-refractivity contribution is 0.289. The summed E-state index contributed by atoms with van der Waals surface area (Å²) >= 11 is 0. The van der Waals surface area contributed by atoms with Gasteiger partial charge in [-0.15, -0.1) is 0 Å². The molecule has 0 bridgehead atoms. The van der Waals surface area contributed by atoms with E-state index >= 15 is 0 Å². The van der Waals surface area contributed by atoms with Crippen LogP contribution in [0.15, 0.2) is 12.3 Å². The summed E-state index contributed by atoms with van der Waals surface area (Å²) in [5, 5.41) is 8.31. The van der Waals surface area contributed by atoms with Crippen LogP contribution in [0.1, 0.15) is 50.1 Å². The molecule has 2 aliphatic rings. The molecule has 1 N–H and O–H groups in total. The van der Waals surface area contributed by atoms with E-state index in [4.69, 9.17) is 0 Å². The Morgan fingerprint density at radius 3 is 2.82 bits per heavy atom. The molecule has 1 aromatic heterocycles. The van der Waals surface area contributed by atoms with E-state index in [1.54, 1.807) is 0 Å². The Labute approximate surface area is 104 Å². The van der Waals surface area contributed by atoms with Gasteiger partial charge in [-0.05, 0) is 44.2 Å². The van der Waals surface area contributed by atoms with Crippen LogP contribution in [0.4, 0.5) is 0 Å². The molecule has 0 saturated heterocycles. The Balaban J connectivity index is 1.65. The fourth-order valence-corrected chi connectivity index (χ4v) is 3.08. The Kier molecular flexibility index (Phi) is 3.19. The number of aryl methyl sites for hydroxylation is 1. The zero-order chi connectivity index (χ0) is 11.7. The molecular formula is C14H23N3. The first kappa shape index (κ1) is 11.3. The number of hydrogen-bond donors (Lipinski definition) is 1. The predicted octanol–water partition coefficient (Wildman–Crippen LogP) is 2.45. The zero-order valence-electron chi connectivity index (χ0n) is 10.7. The van der Waals surface area contributed by atoms with Crippen LogP contribution in [0.2, 0.25) is 0 Å². The van der Waals surface area contributed by atoms with Crippen molar-refractivity contribution < 1.29 is 0 Å². The van der Waals surface area contributed by atoms with Crippen LogP contribution in [-0.4, -0.2) is 22.4 Å². The summed E-state index contributed by atoms with van der Waals surface area (Å²) in [6.07, 6.45) is 10.3. The number of hydrogen-bond acceptors (Lipinski definition) is 2. The fourth-order valence-electron chi connectivity index (χ4n) is 3.08. The van der Waals surface area contributed by atoms with Gasteiger partial charge in [-0.1, -0.05) is 12.8 Å². The molecule has 2 unspecified atom stereocenters. The van der Waals surface area contributed by atoms with Gasteiger partial charge in [0.1, 0.15) is 0 Å². The summed E-state index contributed by atoms with van der Waals surface area (Å²) in [5.74, 6) is 1.50. The highest BCUT2D eigenvalue weighted by atomic mass is 15.2. The van der Waals surface area contributed by atoms with Gasteiger partial charge < -0.3 is 5.32 Å². The van der Waals surface area contributed by atoms with Crippen LogP contribution >= 0.6 is 0 Å². The molecule has 2 aliphatic carbocycles. The second kappa shape index (κ2) is 4.81. The maximum absolute atomic E-state index is 4.62. The van der Waals surface area contributed by atoms with E-state index in [2.05, 4.69) is 22.7 Å². The molecule has 2 fully saturated rings. The van der Waals surface area contributed by atoms with Gasteiger partial charge in [0.05, 0.1) is 5.69 Å². The van der Waals surface area contributed by atoms with Gasteiger partial charge in [0.25, 0.3) is 0 Å². The average Bonchev–Trinajstić information content (AvgIpc) is 3.08. The lowest BCUT2D eigenvalue weighted by atomic mass is 9.77. The third-order valence-corrected chi connectivity index (χ3v) is 4.27. The first-order valence-corrected chi connectivity index (χ1v) is 7.06. The first-order chi connectivity index (χ1) is 8.33. The van der Waals surface area contributed by atoms with E-state index in [1.165, 1.54) is 50.8 Å². The summed E-state index contributed by atoms with van der Waals surface area (Å²) in [7, 11) is 2.02. The van der Waals surface area contributed by atoms with Crippen LogP contribution < -0.4 is 5.32 Å². The lowest BCUT2D eigenvalue weighted by Crippen LogP contribution is -2.31. The van der Waals surface area contributed by atoms with E-state index in [0.717, 1.165) is 12.0 Å². The molecular weight excluding hydrogens is 210 g/mol. The van der Waals surface area contributed by atoms with Gasteiger partial charge in [-0.3, -0.25) is 4.68 Å². The second-order valence-electron chi connectivity index (χ2n) is 5.75. The lowest BCUT2D eigenvalue weighted by Gasteiger charge is -2.30. The Hall–Kier alpha value is -0.830. The summed E-state index contributed by atoms with van der Waals surface area (Å²) in [6, 6.07) is 3.04. The van der Waals surface area contributed by atoms with Gasteiger partial charge >= 0.3 is 0 Å². The third-order valence-electron chi connectivity index (χ3n) is 4.27. The summed E-state index contributed by atoms with van der Waals surface area (Å²) < 4.78 is 1.94. The molecule has 3 heteroatoms. The van der Waals surface area contributed by atoms with E-state index in [1.807, 2.05) is 11.7 Å². The van der Waals surface area contributed by atoms with Crippen molar-refractivity contribution in [1.82, 2.24) is 15.1 Å². The summed E-state index contributed by atoms with van der Waals surface area (Å²) in [4.78, 5) is 0. The maximum Gasteiger partial charge on any atom is 0.0658 e. The van der Waals surface area contributed by atoms with Crippen molar-refractivity contribution in [2.45, 2.75) is 50.5 Å². The highest BCUT2D eigenvalue weighted by molar-refractivity contribution is 5.09. The SMILES string of the molecule is Cn1ccc(C2CCCCC2CNC2CC2)n1. The predicted molar refractivity (Wildman–Crippen MR) is 68.9 cm³/mol. The normalized spacial score (nSPS) is 29.5. The molecule has 3 nitrogen and oxygen atoms in total. The average molecular weight is 233 g/mol. The second-order valence-corrected chi connectivity index (χ2v) is 5.75. The highest BCUT2D eigenvalue weighted by Gasteiger charge is 2.30. The molecule has 1 heterocycles. The molecule has 0 aliphatic heterocycles. The molecule has 1 aromatic rings. The van der Waals surface area contributed by atoms with Crippen LogP contribution in [0.25, 0.3) is 0 Å². The van der Waals surface area contributed by atoms with Gasteiger partial charge in [0.2, 0.25) is 0 Å². The standard InChI is InChI=1S/C14H23N3/c1-17-9-8-14(16-17)13-5-3-2-4-11(13)10-15-12-6-7-12/h8-9,11-13,15H,2-7,10H2,1H3. The van der Waals surface area contributed by atoms with Crippen LogP contribution in [0, 0.1) is 5.92 Å². The number of rotatable bonds is 4. The quantitative estimate of drug-likeness (QED) is 0.865. The van der Waals surface area contributed by atoms with Crippen LogP contribution in [-0.2, 0) is 7.05 Å². The van der Waals surface area contributed by atoms with Crippen molar-refractivity contribution in [3.8, 4) is 0 Å². The zero-order valence-corrected chi connectivity index (χ0v) is 10.7. The van der Waals surface area contributed by atoms with Gasteiger partial charge in [-0.2, -0.15) is 5.10 Å². The minimum atomic E-state index is 0.691. The van der Waals surface area contributed by atoms with E-state index in [0.29, 0.717) is 5.92 Å². The molecule has 2 atom stereocenters. The van der Waals surface area contributed by atoms with Crippen LogP contribution in [0.3, 0.4) is 0 Å². The van der Waals surface area contributed by atoms with Crippen molar-refractivity contribution in [3.05, 3.63) is 18.0 Å². The first-order valence-electron chi connectivity index (χ1n) is 7.06. The molecule has 94 valence electrons. The molecule has 0 spiro atoms. The summed E-state index contributed by atoms with van der Waals surface area (Å²) in [6.45, 7) is 1.20. The topological polar surface area (TPSA) is 29.9 Å². The molecule has 17 heavy (non-hydrogen) atoms. The molecule has 2 saturated carbocycles. The Morgan fingerprint density at radius 1 is 1.29 bits per heavy atom. The largest absolute Gasteiger partial charge is 0.314 e. The van der Waals surface area contributed by atoms with E-state index in [9.17, 15) is 0 Å². The smallest absolute Gasteiger partial charge is 0.0658 e. The number of nitrogens with one attached hydrogen (secondary N) is 1. The van der Waals surface area contributed by atoms with Crippen molar-refractivity contribution in [3.63, 3.8) is 0 Å². The number of aromatic nitrogens is 2. The Morgan fingerprint density at radius 2 is 2.12 bits per heavy atom.